The largest absolute Gasteiger partial charge is 0.348 e. The molecule has 5 unspecified atom stereocenters. The zero-order valence-electron chi connectivity index (χ0n) is 13.3. The minimum absolute atomic E-state index is 0.258. The van der Waals surface area contributed by atoms with Gasteiger partial charge in [0.1, 0.15) is 24.4 Å². The molecule has 0 spiro atoms. The van der Waals surface area contributed by atoms with Gasteiger partial charge in [0, 0.05) is 0 Å². The van der Waals surface area contributed by atoms with Crippen LogP contribution >= 0.6 is 0 Å². The SMILES string of the molecule is CC1(C)OCC2OC3OC(C)(C)OC3C(OS(C)(=O)=O)C2O1. The molecule has 3 rings (SSSR count). The first-order valence-corrected chi connectivity index (χ1v) is 8.99. The Hall–Kier alpha value is -0.290. The maximum Gasteiger partial charge on any atom is 0.264 e. The second-order valence-corrected chi connectivity index (χ2v) is 8.30. The summed E-state index contributed by atoms with van der Waals surface area (Å²) < 4.78 is 57.2. The van der Waals surface area contributed by atoms with Crippen LogP contribution < -0.4 is 0 Å². The molecule has 5 atom stereocenters. The first kappa shape index (κ1) is 16.6. The molecule has 3 aliphatic rings. The second-order valence-electron chi connectivity index (χ2n) is 6.70. The van der Waals surface area contributed by atoms with Gasteiger partial charge in [-0.3, -0.25) is 4.18 Å². The zero-order chi connectivity index (χ0) is 16.3. The molecule has 3 saturated heterocycles. The minimum Gasteiger partial charge on any atom is -0.348 e. The second kappa shape index (κ2) is 5.10. The number of fused-ring (bicyclic) bond motifs is 2. The van der Waals surface area contributed by atoms with E-state index in [0.717, 1.165) is 6.26 Å². The number of hydrogen-bond acceptors (Lipinski definition) is 8. The highest BCUT2D eigenvalue weighted by atomic mass is 32.2. The smallest absolute Gasteiger partial charge is 0.264 e. The van der Waals surface area contributed by atoms with Gasteiger partial charge >= 0.3 is 0 Å². The summed E-state index contributed by atoms with van der Waals surface area (Å²) in [5, 5.41) is 0. The summed E-state index contributed by atoms with van der Waals surface area (Å²) in [6.07, 6.45) is -2.39. The van der Waals surface area contributed by atoms with E-state index in [-0.39, 0.29) is 6.61 Å². The standard InChI is InChI=1S/C13H22O8S/c1-12(2)16-6-7-8(18-12)9(21-22(5,14)15)10-11(17-7)20-13(3,4)19-10/h7-11H,6H2,1-5H3. The molecule has 128 valence electrons. The van der Waals surface area contributed by atoms with Crippen molar-refractivity contribution in [3.05, 3.63) is 0 Å². The van der Waals surface area contributed by atoms with Crippen molar-refractivity contribution in [2.75, 3.05) is 12.9 Å². The topological polar surface area (TPSA) is 89.5 Å². The van der Waals surface area contributed by atoms with Gasteiger partial charge in [-0.25, -0.2) is 0 Å². The molecular weight excluding hydrogens is 316 g/mol. The molecule has 0 aliphatic carbocycles. The summed E-state index contributed by atoms with van der Waals surface area (Å²) in [4.78, 5) is 0. The van der Waals surface area contributed by atoms with E-state index in [1.165, 1.54) is 0 Å². The van der Waals surface area contributed by atoms with E-state index < -0.39 is 52.4 Å². The Kier molecular flexibility index (Phi) is 3.84. The Balaban J connectivity index is 1.91. The first-order valence-electron chi connectivity index (χ1n) is 7.17. The highest BCUT2D eigenvalue weighted by Gasteiger charge is 2.59. The summed E-state index contributed by atoms with van der Waals surface area (Å²) in [7, 11) is -3.70. The zero-order valence-corrected chi connectivity index (χ0v) is 14.1. The van der Waals surface area contributed by atoms with Crippen LogP contribution in [0.3, 0.4) is 0 Å². The van der Waals surface area contributed by atoms with Crippen LogP contribution in [0.1, 0.15) is 27.7 Å². The van der Waals surface area contributed by atoms with E-state index in [1.807, 2.05) is 0 Å². The first-order chi connectivity index (χ1) is 9.96. The summed E-state index contributed by atoms with van der Waals surface area (Å²) in [6.45, 7) is 7.23. The third-order valence-corrected chi connectivity index (χ3v) is 4.28. The minimum atomic E-state index is -3.70. The summed E-state index contributed by atoms with van der Waals surface area (Å²) >= 11 is 0. The van der Waals surface area contributed by atoms with Crippen LogP contribution in [0, 0.1) is 0 Å². The van der Waals surface area contributed by atoms with Gasteiger partial charge < -0.3 is 23.7 Å². The normalized spacial score (nSPS) is 43.4. The van der Waals surface area contributed by atoms with Gasteiger partial charge in [-0.1, -0.05) is 0 Å². The van der Waals surface area contributed by atoms with Crippen LogP contribution in [0.15, 0.2) is 0 Å². The predicted molar refractivity (Wildman–Crippen MR) is 73.3 cm³/mol. The molecule has 22 heavy (non-hydrogen) atoms. The van der Waals surface area contributed by atoms with Crippen molar-refractivity contribution < 1.29 is 36.3 Å². The van der Waals surface area contributed by atoms with Crippen LogP contribution in [0.4, 0.5) is 0 Å². The molecule has 0 aromatic rings. The van der Waals surface area contributed by atoms with E-state index in [1.54, 1.807) is 27.7 Å². The van der Waals surface area contributed by atoms with Crippen molar-refractivity contribution in [1.82, 2.24) is 0 Å². The monoisotopic (exact) mass is 338 g/mol. The van der Waals surface area contributed by atoms with Crippen molar-refractivity contribution in [1.29, 1.82) is 0 Å². The van der Waals surface area contributed by atoms with Crippen molar-refractivity contribution in [2.45, 2.75) is 70.0 Å². The lowest BCUT2D eigenvalue weighted by atomic mass is 9.97. The Morgan fingerprint density at radius 2 is 1.64 bits per heavy atom. The van der Waals surface area contributed by atoms with Crippen LogP contribution in [0.25, 0.3) is 0 Å². The van der Waals surface area contributed by atoms with Crippen LogP contribution in [-0.2, 0) is 38.0 Å². The van der Waals surface area contributed by atoms with Gasteiger partial charge in [-0.15, -0.1) is 0 Å². The average Bonchev–Trinajstić information content (AvgIpc) is 2.62. The van der Waals surface area contributed by atoms with E-state index in [2.05, 4.69) is 0 Å². The van der Waals surface area contributed by atoms with E-state index in [4.69, 9.17) is 27.9 Å². The maximum atomic E-state index is 11.6. The molecule has 9 heteroatoms. The average molecular weight is 338 g/mol. The molecule has 0 amide bonds. The van der Waals surface area contributed by atoms with Gasteiger partial charge in [0.15, 0.2) is 17.9 Å². The number of ether oxygens (including phenoxy) is 5. The Bertz CT molecular complexity index is 540. The van der Waals surface area contributed by atoms with Crippen molar-refractivity contribution in [3.8, 4) is 0 Å². The van der Waals surface area contributed by atoms with Gasteiger partial charge in [-0.2, -0.15) is 8.42 Å². The van der Waals surface area contributed by atoms with Crippen molar-refractivity contribution in [3.63, 3.8) is 0 Å². The van der Waals surface area contributed by atoms with E-state index in [9.17, 15) is 8.42 Å². The van der Waals surface area contributed by atoms with E-state index >= 15 is 0 Å². The predicted octanol–water partition coefficient (Wildman–Crippen LogP) is 0.359. The number of rotatable bonds is 2. The fraction of sp³-hybridized carbons (Fsp3) is 1.00. The molecular formula is C13H22O8S. The fourth-order valence-electron chi connectivity index (χ4n) is 2.97. The molecule has 0 saturated carbocycles. The van der Waals surface area contributed by atoms with Crippen LogP contribution in [-0.4, -0.2) is 63.6 Å². The molecule has 0 bridgehead atoms. The van der Waals surface area contributed by atoms with Crippen molar-refractivity contribution >= 4 is 10.1 Å². The third kappa shape index (κ3) is 3.30. The molecule has 0 radical (unpaired) electrons. The Morgan fingerprint density at radius 3 is 2.27 bits per heavy atom. The fourth-order valence-corrected chi connectivity index (χ4v) is 3.59. The lowest BCUT2D eigenvalue weighted by Crippen LogP contribution is -2.64. The van der Waals surface area contributed by atoms with Gasteiger partial charge in [0.2, 0.25) is 0 Å². The summed E-state index contributed by atoms with van der Waals surface area (Å²) in [6, 6.07) is 0. The molecule has 8 nitrogen and oxygen atoms in total. The van der Waals surface area contributed by atoms with Gasteiger partial charge in [0.05, 0.1) is 12.9 Å². The Labute approximate surface area is 130 Å². The molecule has 3 fully saturated rings. The van der Waals surface area contributed by atoms with Gasteiger partial charge in [0.25, 0.3) is 10.1 Å². The summed E-state index contributed by atoms with van der Waals surface area (Å²) in [5.41, 5.74) is 0. The van der Waals surface area contributed by atoms with Crippen LogP contribution in [0.5, 0.6) is 0 Å². The molecule has 0 aromatic heterocycles. The molecule has 3 aliphatic heterocycles. The van der Waals surface area contributed by atoms with Crippen molar-refractivity contribution in [2.24, 2.45) is 0 Å². The molecule has 0 N–H and O–H groups in total. The lowest BCUT2D eigenvalue weighted by molar-refractivity contribution is -0.362. The van der Waals surface area contributed by atoms with Gasteiger partial charge in [-0.05, 0) is 27.7 Å². The van der Waals surface area contributed by atoms with Crippen LogP contribution in [0.2, 0.25) is 0 Å². The summed E-state index contributed by atoms with van der Waals surface area (Å²) in [5.74, 6) is -1.75. The third-order valence-electron chi connectivity index (χ3n) is 3.71. The Morgan fingerprint density at radius 1 is 1.00 bits per heavy atom. The lowest BCUT2D eigenvalue weighted by Gasteiger charge is -2.48. The highest BCUT2D eigenvalue weighted by molar-refractivity contribution is 7.86. The maximum absolute atomic E-state index is 11.6. The molecule has 3 heterocycles. The highest BCUT2D eigenvalue weighted by Crippen LogP contribution is 2.41. The quantitative estimate of drug-likeness (QED) is 0.667. The molecule has 0 aromatic carbocycles. The van der Waals surface area contributed by atoms with E-state index in [0.29, 0.717) is 0 Å². The number of hydrogen-bond donors (Lipinski definition) is 0.